The standard InChI is InChI=1S/C12H13N3O3/c1-8-5-14-11(18-8)7-13-6-9-3-2-4-10(15-9)12(16)17/h2-5,13H,6-7H2,1H3,(H,16,17). The predicted octanol–water partition coefficient (Wildman–Crippen LogP) is 1.37. The van der Waals surface area contributed by atoms with Gasteiger partial charge in [-0.05, 0) is 19.1 Å². The van der Waals surface area contributed by atoms with E-state index in [4.69, 9.17) is 9.52 Å². The van der Waals surface area contributed by atoms with Gasteiger partial charge in [-0.2, -0.15) is 0 Å². The van der Waals surface area contributed by atoms with E-state index in [1.165, 1.54) is 6.07 Å². The van der Waals surface area contributed by atoms with Gasteiger partial charge in [0.05, 0.1) is 18.4 Å². The Morgan fingerprint density at radius 2 is 2.28 bits per heavy atom. The van der Waals surface area contributed by atoms with E-state index in [0.29, 0.717) is 24.7 Å². The second kappa shape index (κ2) is 5.42. The third-order valence-electron chi connectivity index (χ3n) is 2.28. The summed E-state index contributed by atoms with van der Waals surface area (Å²) in [7, 11) is 0. The molecule has 2 rings (SSSR count). The maximum atomic E-state index is 10.7. The van der Waals surface area contributed by atoms with E-state index in [1.807, 2.05) is 6.92 Å². The molecule has 94 valence electrons. The summed E-state index contributed by atoms with van der Waals surface area (Å²) in [6.07, 6.45) is 1.65. The maximum absolute atomic E-state index is 10.7. The number of aryl methyl sites for hydroxylation is 1. The van der Waals surface area contributed by atoms with Crippen molar-refractivity contribution < 1.29 is 14.3 Å². The fourth-order valence-electron chi connectivity index (χ4n) is 1.48. The van der Waals surface area contributed by atoms with Crippen LogP contribution >= 0.6 is 0 Å². The van der Waals surface area contributed by atoms with Crippen LogP contribution in [0.1, 0.15) is 27.8 Å². The Labute approximate surface area is 104 Å². The van der Waals surface area contributed by atoms with Crippen molar-refractivity contribution in [1.29, 1.82) is 0 Å². The number of carboxylic acid groups (broad SMARTS) is 1. The van der Waals surface area contributed by atoms with Crippen molar-refractivity contribution in [2.45, 2.75) is 20.0 Å². The molecule has 2 N–H and O–H groups in total. The minimum atomic E-state index is -1.03. The Kier molecular flexibility index (Phi) is 3.69. The number of carbonyl (C=O) groups is 1. The molecule has 0 bridgehead atoms. The molecule has 2 aromatic rings. The topological polar surface area (TPSA) is 88.2 Å². The number of pyridine rings is 1. The highest BCUT2D eigenvalue weighted by Crippen LogP contribution is 2.02. The summed E-state index contributed by atoms with van der Waals surface area (Å²) in [5, 5.41) is 11.9. The third-order valence-corrected chi connectivity index (χ3v) is 2.28. The summed E-state index contributed by atoms with van der Waals surface area (Å²) in [6.45, 7) is 2.77. The van der Waals surface area contributed by atoms with Gasteiger partial charge in [-0.15, -0.1) is 0 Å². The zero-order valence-corrected chi connectivity index (χ0v) is 9.88. The Morgan fingerprint density at radius 3 is 2.94 bits per heavy atom. The molecule has 0 aliphatic rings. The van der Waals surface area contributed by atoms with Gasteiger partial charge in [-0.3, -0.25) is 0 Å². The van der Waals surface area contributed by atoms with Crippen LogP contribution in [0.15, 0.2) is 28.8 Å². The summed E-state index contributed by atoms with van der Waals surface area (Å²) < 4.78 is 5.30. The Balaban J connectivity index is 1.90. The molecule has 6 nitrogen and oxygen atoms in total. The quantitative estimate of drug-likeness (QED) is 0.829. The zero-order valence-electron chi connectivity index (χ0n) is 9.88. The molecular formula is C12H13N3O3. The first-order valence-electron chi connectivity index (χ1n) is 5.46. The van der Waals surface area contributed by atoms with E-state index in [1.54, 1.807) is 18.3 Å². The lowest BCUT2D eigenvalue weighted by molar-refractivity contribution is 0.0690. The van der Waals surface area contributed by atoms with Crippen LogP contribution in [0.3, 0.4) is 0 Å². The SMILES string of the molecule is Cc1cnc(CNCc2cccc(C(=O)O)n2)o1. The summed E-state index contributed by atoms with van der Waals surface area (Å²) in [5.41, 5.74) is 0.708. The number of hydrogen-bond donors (Lipinski definition) is 2. The fourth-order valence-corrected chi connectivity index (χ4v) is 1.48. The molecule has 6 heteroatoms. The molecule has 0 amide bonds. The van der Waals surface area contributed by atoms with Crippen LogP contribution < -0.4 is 5.32 Å². The first kappa shape index (κ1) is 12.3. The van der Waals surface area contributed by atoms with Gasteiger partial charge in [0.1, 0.15) is 11.5 Å². The van der Waals surface area contributed by atoms with Gasteiger partial charge in [0.15, 0.2) is 0 Å². The fraction of sp³-hybridized carbons (Fsp3) is 0.250. The number of hydrogen-bond acceptors (Lipinski definition) is 5. The van der Waals surface area contributed by atoms with E-state index in [9.17, 15) is 4.79 Å². The zero-order chi connectivity index (χ0) is 13.0. The average molecular weight is 247 g/mol. The molecule has 2 aromatic heterocycles. The van der Waals surface area contributed by atoms with Crippen molar-refractivity contribution in [3.8, 4) is 0 Å². The summed E-state index contributed by atoms with van der Waals surface area (Å²) in [4.78, 5) is 18.8. The molecule has 0 aliphatic carbocycles. The number of nitrogens with one attached hydrogen (secondary N) is 1. The van der Waals surface area contributed by atoms with Crippen molar-refractivity contribution in [2.24, 2.45) is 0 Å². The van der Waals surface area contributed by atoms with Gasteiger partial charge in [-0.25, -0.2) is 14.8 Å². The largest absolute Gasteiger partial charge is 0.477 e. The van der Waals surface area contributed by atoms with Crippen LogP contribution in [-0.2, 0) is 13.1 Å². The van der Waals surface area contributed by atoms with Crippen LogP contribution in [0.5, 0.6) is 0 Å². The first-order valence-corrected chi connectivity index (χ1v) is 5.46. The van der Waals surface area contributed by atoms with Crippen molar-refractivity contribution in [2.75, 3.05) is 0 Å². The van der Waals surface area contributed by atoms with Gasteiger partial charge in [0.25, 0.3) is 0 Å². The first-order chi connectivity index (χ1) is 8.65. The van der Waals surface area contributed by atoms with Crippen molar-refractivity contribution in [3.63, 3.8) is 0 Å². The molecule has 0 radical (unpaired) electrons. The van der Waals surface area contributed by atoms with E-state index in [2.05, 4.69) is 15.3 Å². The minimum Gasteiger partial charge on any atom is -0.477 e. The normalized spacial score (nSPS) is 10.5. The Bertz CT molecular complexity index is 551. The lowest BCUT2D eigenvalue weighted by Crippen LogP contribution is -2.15. The van der Waals surface area contributed by atoms with Crippen LogP contribution in [0, 0.1) is 6.92 Å². The van der Waals surface area contributed by atoms with E-state index >= 15 is 0 Å². The molecule has 18 heavy (non-hydrogen) atoms. The van der Waals surface area contributed by atoms with Crippen LogP contribution in [0.25, 0.3) is 0 Å². The van der Waals surface area contributed by atoms with Gasteiger partial charge in [0, 0.05) is 6.54 Å². The number of aromatic nitrogens is 2. The molecule has 0 fully saturated rings. The van der Waals surface area contributed by atoms with Crippen LogP contribution in [0.4, 0.5) is 0 Å². The highest BCUT2D eigenvalue weighted by Gasteiger charge is 2.05. The number of rotatable bonds is 5. The number of aromatic carboxylic acids is 1. The second-order valence-electron chi connectivity index (χ2n) is 3.79. The van der Waals surface area contributed by atoms with Gasteiger partial charge in [-0.1, -0.05) is 6.07 Å². The maximum Gasteiger partial charge on any atom is 0.354 e. The molecule has 0 aromatic carbocycles. The van der Waals surface area contributed by atoms with E-state index < -0.39 is 5.97 Å². The number of oxazole rings is 1. The predicted molar refractivity (Wildman–Crippen MR) is 63.0 cm³/mol. The third kappa shape index (κ3) is 3.14. The smallest absolute Gasteiger partial charge is 0.354 e. The van der Waals surface area contributed by atoms with Crippen LogP contribution in [0.2, 0.25) is 0 Å². The van der Waals surface area contributed by atoms with Gasteiger partial charge in [0.2, 0.25) is 5.89 Å². The van der Waals surface area contributed by atoms with Gasteiger partial charge < -0.3 is 14.8 Å². The van der Waals surface area contributed by atoms with E-state index in [0.717, 1.165) is 5.76 Å². The number of carboxylic acids is 1. The van der Waals surface area contributed by atoms with Crippen molar-refractivity contribution in [1.82, 2.24) is 15.3 Å². The van der Waals surface area contributed by atoms with Crippen molar-refractivity contribution in [3.05, 3.63) is 47.4 Å². The van der Waals surface area contributed by atoms with Gasteiger partial charge >= 0.3 is 5.97 Å². The van der Waals surface area contributed by atoms with E-state index in [-0.39, 0.29) is 5.69 Å². The average Bonchev–Trinajstić information content (AvgIpc) is 2.75. The number of nitrogens with zero attached hydrogens (tertiary/aromatic N) is 2. The summed E-state index contributed by atoms with van der Waals surface area (Å²) >= 11 is 0. The summed E-state index contributed by atoms with van der Waals surface area (Å²) in [6, 6.07) is 4.90. The monoisotopic (exact) mass is 247 g/mol. The molecular weight excluding hydrogens is 234 g/mol. The highest BCUT2D eigenvalue weighted by molar-refractivity contribution is 5.85. The lowest BCUT2D eigenvalue weighted by Gasteiger charge is -2.02. The summed E-state index contributed by atoms with van der Waals surface area (Å²) in [5.74, 6) is 0.333. The molecule has 0 saturated heterocycles. The molecule has 0 aliphatic heterocycles. The molecule has 0 saturated carbocycles. The minimum absolute atomic E-state index is 0.0428. The Morgan fingerprint density at radius 1 is 1.44 bits per heavy atom. The highest BCUT2D eigenvalue weighted by atomic mass is 16.4. The molecule has 2 heterocycles. The molecule has 0 unspecified atom stereocenters. The van der Waals surface area contributed by atoms with Crippen molar-refractivity contribution >= 4 is 5.97 Å². The van der Waals surface area contributed by atoms with Crippen LogP contribution in [-0.4, -0.2) is 21.0 Å². The second-order valence-corrected chi connectivity index (χ2v) is 3.79. The Hall–Kier alpha value is -2.21. The molecule has 0 spiro atoms. The lowest BCUT2D eigenvalue weighted by atomic mass is 10.3. The molecule has 0 atom stereocenters.